The Kier molecular flexibility index (Phi) is 4.67. The maximum absolute atomic E-state index is 13.9. The lowest BCUT2D eigenvalue weighted by atomic mass is 10.3. The molecular weight excluding hydrogens is 380 g/mol. The molecule has 1 N–H and O–H groups in total. The second-order valence-corrected chi connectivity index (χ2v) is 7.15. The Balaban J connectivity index is 2.38. The molecule has 0 radical (unpaired) electrons. The second kappa shape index (κ2) is 6.04. The van der Waals surface area contributed by atoms with Gasteiger partial charge in [0, 0.05) is 5.02 Å². The topological polar surface area (TPSA) is 81.1 Å². The molecule has 1 amide bonds. The molecule has 1 heterocycles. The third kappa shape index (κ3) is 3.35. The van der Waals surface area contributed by atoms with E-state index in [2.05, 4.69) is 10.4 Å². The third-order valence-corrected chi connectivity index (χ3v) is 4.32. The number of carbonyl (C=O) groups excluding carboxylic acids is 1. The van der Waals surface area contributed by atoms with Crippen LogP contribution in [0.4, 0.5) is 10.1 Å². The van der Waals surface area contributed by atoms with Gasteiger partial charge >= 0.3 is 0 Å². The van der Waals surface area contributed by atoms with Gasteiger partial charge in [0.15, 0.2) is 16.7 Å². The molecule has 0 saturated heterocycles. The molecule has 6 nitrogen and oxygen atoms in total. The van der Waals surface area contributed by atoms with E-state index >= 15 is 0 Å². The molecule has 1 aromatic carbocycles. The SMILES string of the molecule is CS(=O)(=O)n1nc(C(=O)Nc2ccc(Cl)cc2Cl)c(F)c1Cl. The van der Waals surface area contributed by atoms with E-state index in [1.807, 2.05) is 0 Å². The molecule has 0 aliphatic rings. The van der Waals surface area contributed by atoms with Gasteiger partial charge in [0.05, 0.1) is 17.0 Å². The van der Waals surface area contributed by atoms with E-state index in [4.69, 9.17) is 34.8 Å². The van der Waals surface area contributed by atoms with Crippen molar-refractivity contribution in [2.75, 3.05) is 11.6 Å². The summed E-state index contributed by atoms with van der Waals surface area (Å²) >= 11 is 17.1. The molecule has 0 bridgehead atoms. The number of nitrogens with zero attached hydrogens (tertiary/aromatic N) is 2. The Morgan fingerprint density at radius 3 is 2.45 bits per heavy atom. The van der Waals surface area contributed by atoms with Crippen LogP contribution in [0.15, 0.2) is 18.2 Å². The summed E-state index contributed by atoms with van der Waals surface area (Å²) in [6.07, 6.45) is 0.767. The van der Waals surface area contributed by atoms with Gasteiger partial charge in [-0.15, -0.1) is 9.19 Å². The van der Waals surface area contributed by atoms with Gasteiger partial charge < -0.3 is 5.32 Å². The van der Waals surface area contributed by atoms with Gasteiger partial charge in [0.2, 0.25) is 0 Å². The van der Waals surface area contributed by atoms with Crippen LogP contribution in [0.2, 0.25) is 15.2 Å². The number of benzene rings is 1. The van der Waals surface area contributed by atoms with Crippen molar-refractivity contribution in [2.24, 2.45) is 0 Å². The quantitative estimate of drug-likeness (QED) is 0.879. The molecule has 118 valence electrons. The molecule has 0 spiro atoms. The van der Waals surface area contributed by atoms with Crippen LogP contribution in [0.5, 0.6) is 0 Å². The first kappa shape index (κ1) is 17.0. The summed E-state index contributed by atoms with van der Waals surface area (Å²) in [4.78, 5) is 12.0. The molecule has 0 aliphatic heterocycles. The summed E-state index contributed by atoms with van der Waals surface area (Å²) in [5.41, 5.74) is -0.623. The van der Waals surface area contributed by atoms with Gasteiger partial charge in [0.25, 0.3) is 15.9 Å². The summed E-state index contributed by atoms with van der Waals surface area (Å²) < 4.78 is 36.8. The van der Waals surface area contributed by atoms with Crippen molar-refractivity contribution >= 4 is 56.4 Å². The largest absolute Gasteiger partial charge is 0.319 e. The number of halogens is 4. The molecule has 0 unspecified atom stereocenters. The Hall–Kier alpha value is -1.35. The van der Waals surface area contributed by atoms with Crippen molar-refractivity contribution in [1.82, 2.24) is 9.19 Å². The summed E-state index contributed by atoms with van der Waals surface area (Å²) in [6.45, 7) is 0. The lowest BCUT2D eigenvalue weighted by molar-refractivity contribution is 0.101. The van der Waals surface area contributed by atoms with Crippen molar-refractivity contribution in [3.63, 3.8) is 0 Å². The van der Waals surface area contributed by atoms with E-state index in [0.717, 1.165) is 6.26 Å². The van der Waals surface area contributed by atoms with Crippen molar-refractivity contribution in [2.45, 2.75) is 0 Å². The molecule has 0 saturated carbocycles. The van der Waals surface area contributed by atoms with E-state index in [1.165, 1.54) is 18.2 Å². The molecule has 11 heteroatoms. The summed E-state index contributed by atoms with van der Waals surface area (Å²) in [5.74, 6) is -2.26. The highest BCUT2D eigenvalue weighted by molar-refractivity contribution is 7.89. The molecule has 1 aromatic heterocycles. The predicted octanol–water partition coefficient (Wildman–Crippen LogP) is 3.04. The summed E-state index contributed by atoms with van der Waals surface area (Å²) in [5, 5.41) is 5.31. The number of hydrogen-bond acceptors (Lipinski definition) is 4. The van der Waals surface area contributed by atoms with Crippen molar-refractivity contribution in [3.8, 4) is 0 Å². The lowest BCUT2D eigenvalue weighted by Gasteiger charge is -2.05. The van der Waals surface area contributed by atoms with Crippen LogP contribution >= 0.6 is 34.8 Å². The van der Waals surface area contributed by atoms with Gasteiger partial charge in [-0.3, -0.25) is 4.79 Å². The van der Waals surface area contributed by atoms with Crippen LogP contribution in [0.1, 0.15) is 10.5 Å². The average molecular weight is 387 g/mol. The Labute approximate surface area is 139 Å². The zero-order valence-electron chi connectivity index (χ0n) is 10.8. The normalized spacial score (nSPS) is 11.5. The van der Waals surface area contributed by atoms with Gasteiger partial charge in [-0.25, -0.2) is 12.8 Å². The number of rotatable bonds is 3. The minimum atomic E-state index is -3.95. The first-order valence-electron chi connectivity index (χ1n) is 5.52. The number of carbonyl (C=O) groups is 1. The minimum absolute atomic E-state index is 0.120. The van der Waals surface area contributed by atoms with Crippen molar-refractivity contribution in [3.05, 3.63) is 44.9 Å². The minimum Gasteiger partial charge on any atom is -0.319 e. The van der Waals surface area contributed by atoms with Crippen LogP contribution in [0.25, 0.3) is 0 Å². The molecule has 2 rings (SSSR count). The highest BCUT2D eigenvalue weighted by Gasteiger charge is 2.26. The zero-order chi connectivity index (χ0) is 16.7. The Morgan fingerprint density at radius 1 is 1.32 bits per heavy atom. The maximum Gasteiger partial charge on any atom is 0.279 e. The Morgan fingerprint density at radius 2 is 1.95 bits per heavy atom. The maximum atomic E-state index is 13.9. The molecule has 0 atom stereocenters. The van der Waals surface area contributed by atoms with Gasteiger partial charge in [-0.05, 0) is 18.2 Å². The number of amides is 1. The summed E-state index contributed by atoms with van der Waals surface area (Å²) in [6, 6.07) is 4.23. The van der Waals surface area contributed by atoms with Crippen LogP contribution in [-0.2, 0) is 10.0 Å². The zero-order valence-corrected chi connectivity index (χ0v) is 13.9. The first-order valence-corrected chi connectivity index (χ1v) is 8.50. The monoisotopic (exact) mass is 385 g/mol. The van der Waals surface area contributed by atoms with E-state index in [-0.39, 0.29) is 14.8 Å². The van der Waals surface area contributed by atoms with Crippen LogP contribution in [-0.4, -0.2) is 29.8 Å². The predicted molar refractivity (Wildman–Crippen MR) is 81.9 cm³/mol. The molecular formula is C11H7Cl3FN3O3S. The van der Waals surface area contributed by atoms with Crippen LogP contribution in [0, 0.1) is 5.82 Å². The van der Waals surface area contributed by atoms with Gasteiger partial charge in [-0.1, -0.05) is 34.8 Å². The van der Waals surface area contributed by atoms with E-state index in [0.29, 0.717) is 5.02 Å². The fourth-order valence-electron chi connectivity index (χ4n) is 1.50. The smallest absolute Gasteiger partial charge is 0.279 e. The molecule has 0 aliphatic carbocycles. The van der Waals surface area contributed by atoms with Crippen molar-refractivity contribution < 1.29 is 17.6 Å². The highest BCUT2D eigenvalue weighted by atomic mass is 35.5. The number of anilines is 1. The summed E-state index contributed by atoms with van der Waals surface area (Å²) in [7, 11) is -3.95. The van der Waals surface area contributed by atoms with Crippen LogP contribution in [0.3, 0.4) is 0 Å². The number of hydrogen-bond donors (Lipinski definition) is 1. The Bertz CT molecular complexity index is 867. The second-order valence-electron chi connectivity index (χ2n) is 4.14. The number of aromatic nitrogens is 2. The van der Waals surface area contributed by atoms with Gasteiger partial charge in [-0.2, -0.15) is 0 Å². The standard InChI is InChI=1S/C11H7Cl3FN3O3S/c1-22(20,21)18-10(14)8(15)9(17-18)11(19)16-7-3-2-5(12)4-6(7)13/h2-4H,1H3,(H,16,19). The average Bonchev–Trinajstić information content (AvgIpc) is 2.69. The van der Waals surface area contributed by atoms with E-state index in [1.54, 1.807) is 0 Å². The third-order valence-electron chi connectivity index (χ3n) is 2.46. The molecule has 2 aromatic rings. The van der Waals surface area contributed by atoms with Crippen LogP contribution < -0.4 is 5.32 Å². The fraction of sp³-hybridized carbons (Fsp3) is 0.0909. The molecule has 0 fully saturated rings. The van der Waals surface area contributed by atoms with E-state index in [9.17, 15) is 17.6 Å². The fourth-order valence-corrected chi connectivity index (χ4v) is 3.06. The van der Waals surface area contributed by atoms with Crippen molar-refractivity contribution in [1.29, 1.82) is 0 Å². The van der Waals surface area contributed by atoms with E-state index < -0.39 is 32.6 Å². The lowest BCUT2D eigenvalue weighted by Crippen LogP contribution is -2.16. The molecule has 22 heavy (non-hydrogen) atoms. The first-order chi connectivity index (χ1) is 10.1. The number of nitrogens with one attached hydrogen (secondary N) is 1. The van der Waals surface area contributed by atoms with Gasteiger partial charge in [0.1, 0.15) is 0 Å². The highest BCUT2D eigenvalue weighted by Crippen LogP contribution is 2.26.